The van der Waals surface area contributed by atoms with E-state index in [0.717, 1.165) is 65.2 Å². The summed E-state index contributed by atoms with van der Waals surface area (Å²) in [6, 6.07) is 5.54. The minimum Gasteiger partial charge on any atom is -0.508 e. The van der Waals surface area contributed by atoms with Crippen LogP contribution in [0.2, 0.25) is 0 Å². The van der Waals surface area contributed by atoms with E-state index in [2.05, 4.69) is 5.32 Å². The van der Waals surface area contributed by atoms with E-state index in [0.29, 0.717) is 17.0 Å². The van der Waals surface area contributed by atoms with Crippen molar-refractivity contribution in [2.45, 2.75) is 64.7 Å². The van der Waals surface area contributed by atoms with Crippen LogP contribution >= 0.6 is 0 Å². The molecule has 4 saturated carbocycles. The van der Waals surface area contributed by atoms with Gasteiger partial charge >= 0.3 is 0 Å². The molecule has 4 fully saturated rings. The number of anilines is 1. The number of nitrogens with zero attached hydrogens (tertiary/aromatic N) is 2. The van der Waals surface area contributed by atoms with Crippen LogP contribution in [-0.4, -0.2) is 21.0 Å². The number of aryl methyl sites for hydroxylation is 2. The molecule has 0 spiro atoms. The van der Waals surface area contributed by atoms with Crippen molar-refractivity contribution in [1.82, 2.24) is 9.97 Å². The monoisotopic (exact) mass is 403 g/mol. The lowest BCUT2D eigenvalue weighted by Crippen LogP contribution is -2.47. The van der Waals surface area contributed by atoms with Gasteiger partial charge in [-0.1, -0.05) is 0 Å². The average molecular weight is 404 g/mol. The number of fused-ring (bicyclic) bond motifs is 3. The largest absolute Gasteiger partial charge is 0.508 e. The zero-order valence-corrected chi connectivity index (χ0v) is 17.6. The van der Waals surface area contributed by atoms with Crippen LogP contribution in [0.15, 0.2) is 18.2 Å². The van der Waals surface area contributed by atoms with Crippen molar-refractivity contribution in [3.63, 3.8) is 0 Å². The lowest BCUT2D eigenvalue weighted by molar-refractivity contribution is -0.114. The van der Waals surface area contributed by atoms with Crippen molar-refractivity contribution >= 4 is 11.7 Å². The number of amides is 1. The summed E-state index contributed by atoms with van der Waals surface area (Å²) in [6.07, 6.45) is 10.7. The van der Waals surface area contributed by atoms with Gasteiger partial charge in [-0.15, -0.1) is 0 Å². The molecule has 1 aromatic heterocycles. The van der Waals surface area contributed by atoms with Crippen LogP contribution in [0.5, 0.6) is 5.75 Å². The summed E-state index contributed by atoms with van der Waals surface area (Å²) in [4.78, 5) is 22.0. The topological polar surface area (TPSA) is 75.1 Å². The number of nitrogens with one attached hydrogen (secondary N) is 1. The number of hydrogen-bond acceptors (Lipinski definition) is 4. The SMILES string of the molecule is CC(=O)Nc1nc2c(nc1CC13CC4CC(CC(C4)C1)C3)-c1ccc(O)cc1CC2. The summed E-state index contributed by atoms with van der Waals surface area (Å²) in [5.41, 5.74) is 5.37. The maximum absolute atomic E-state index is 11.9. The molecule has 0 unspecified atom stereocenters. The van der Waals surface area contributed by atoms with Gasteiger partial charge in [-0.3, -0.25) is 4.79 Å². The Kier molecular flexibility index (Phi) is 4.00. The molecule has 0 atom stereocenters. The number of phenols is 1. The van der Waals surface area contributed by atoms with Crippen molar-refractivity contribution in [3.8, 4) is 17.0 Å². The minimum atomic E-state index is -0.0860. The van der Waals surface area contributed by atoms with Gasteiger partial charge in [-0.05, 0) is 105 Å². The van der Waals surface area contributed by atoms with Crippen molar-refractivity contribution in [2.24, 2.45) is 23.2 Å². The number of phenolic OH excluding ortho intramolecular Hbond substituents is 1. The third-order valence-corrected chi connectivity index (χ3v) is 8.02. The van der Waals surface area contributed by atoms with Crippen LogP contribution in [0.1, 0.15) is 62.4 Å². The Bertz CT molecular complexity index is 1010. The molecule has 4 bridgehead atoms. The van der Waals surface area contributed by atoms with Gasteiger partial charge in [-0.25, -0.2) is 9.97 Å². The van der Waals surface area contributed by atoms with E-state index in [1.54, 1.807) is 13.0 Å². The van der Waals surface area contributed by atoms with Gasteiger partial charge in [-0.2, -0.15) is 0 Å². The number of aromatic hydroxyl groups is 1. The van der Waals surface area contributed by atoms with E-state index in [9.17, 15) is 9.90 Å². The van der Waals surface area contributed by atoms with Crippen molar-refractivity contribution in [3.05, 3.63) is 35.2 Å². The molecule has 2 aromatic rings. The number of hydrogen-bond donors (Lipinski definition) is 2. The molecular weight excluding hydrogens is 374 g/mol. The molecular formula is C25H29N3O2. The van der Waals surface area contributed by atoms with Gasteiger partial charge in [0, 0.05) is 12.5 Å². The lowest BCUT2D eigenvalue weighted by Gasteiger charge is -2.57. The van der Waals surface area contributed by atoms with E-state index in [4.69, 9.17) is 9.97 Å². The molecule has 1 heterocycles. The van der Waals surface area contributed by atoms with Crippen molar-refractivity contribution < 1.29 is 9.90 Å². The van der Waals surface area contributed by atoms with Crippen molar-refractivity contribution in [1.29, 1.82) is 0 Å². The maximum atomic E-state index is 11.9. The number of rotatable bonds is 3. The standard InChI is InChI=1S/C25H29N3O2/c1-14(29)26-24-22(13-25-10-15-6-16(11-25)8-17(7-15)12-25)27-23-20-4-3-19(30)9-18(20)2-5-21(23)28-24/h3-4,9,15-17,30H,2,5-8,10-13H2,1H3,(H,26,28,29). The lowest BCUT2D eigenvalue weighted by atomic mass is 9.48. The van der Waals surface area contributed by atoms with E-state index in [1.165, 1.54) is 38.5 Å². The summed E-state index contributed by atoms with van der Waals surface area (Å²) in [6.45, 7) is 1.55. The summed E-state index contributed by atoms with van der Waals surface area (Å²) in [5, 5.41) is 12.9. The average Bonchev–Trinajstić information content (AvgIpc) is 2.66. The molecule has 5 aliphatic carbocycles. The summed E-state index contributed by atoms with van der Waals surface area (Å²) in [7, 11) is 0. The third-order valence-electron chi connectivity index (χ3n) is 8.02. The first-order valence-electron chi connectivity index (χ1n) is 11.5. The van der Waals surface area contributed by atoms with E-state index >= 15 is 0 Å². The molecule has 5 nitrogen and oxygen atoms in total. The first kappa shape index (κ1) is 18.3. The molecule has 7 rings (SSSR count). The fourth-order valence-electron chi connectivity index (χ4n) is 7.42. The number of carbonyl (C=O) groups is 1. The number of benzene rings is 1. The summed E-state index contributed by atoms with van der Waals surface area (Å²) >= 11 is 0. The quantitative estimate of drug-likeness (QED) is 0.781. The second kappa shape index (κ2) is 6.53. The first-order valence-corrected chi connectivity index (χ1v) is 11.5. The fraction of sp³-hybridized carbons (Fsp3) is 0.560. The molecule has 2 N–H and O–H groups in total. The Morgan fingerprint density at radius 1 is 1.10 bits per heavy atom. The molecule has 1 amide bonds. The van der Waals surface area contributed by atoms with Gasteiger partial charge in [0.25, 0.3) is 0 Å². The Balaban J connectivity index is 1.42. The van der Waals surface area contributed by atoms with Gasteiger partial charge in [0.05, 0.1) is 17.1 Å². The molecule has 1 aromatic carbocycles. The highest BCUT2D eigenvalue weighted by Gasteiger charge is 2.51. The van der Waals surface area contributed by atoms with Crippen LogP contribution < -0.4 is 5.32 Å². The summed E-state index contributed by atoms with van der Waals surface area (Å²) in [5.74, 6) is 3.53. The highest BCUT2D eigenvalue weighted by molar-refractivity contribution is 5.88. The third kappa shape index (κ3) is 3.01. The number of carbonyl (C=O) groups excluding carboxylic acids is 1. The molecule has 5 aliphatic rings. The minimum absolute atomic E-state index is 0.0860. The Morgan fingerprint density at radius 2 is 1.80 bits per heavy atom. The van der Waals surface area contributed by atoms with Crippen LogP contribution in [0.3, 0.4) is 0 Å². The van der Waals surface area contributed by atoms with E-state index < -0.39 is 0 Å². The van der Waals surface area contributed by atoms with Crippen LogP contribution in [0, 0.1) is 23.2 Å². The van der Waals surface area contributed by atoms with Gasteiger partial charge in [0.1, 0.15) is 5.75 Å². The molecule has 0 saturated heterocycles. The van der Waals surface area contributed by atoms with Crippen LogP contribution in [0.4, 0.5) is 5.82 Å². The predicted molar refractivity (Wildman–Crippen MR) is 115 cm³/mol. The molecule has 156 valence electrons. The van der Waals surface area contributed by atoms with Gasteiger partial charge in [0.15, 0.2) is 5.82 Å². The van der Waals surface area contributed by atoms with Crippen molar-refractivity contribution in [2.75, 3.05) is 5.32 Å². The first-order chi connectivity index (χ1) is 14.5. The second-order valence-corrected chi connectivity index (χ2v) is 10.4. The highest BCUT2D eigenvalue weighted by atomic mass is 16.3. The van der Waals surface area contributed by atoms with Crippen LogP contribution in [0.25, 0.3) is 11.3 Å². The highest BCUT2D eigenvalue weighted by Crippen LogP contribution is 2.61. The molecule has 0 radical (unpaired) electrons. The van der Waals surface area contributed by atoms with E-state index in [1.807, 2.05) is 12.1 Å². The second-order valence-electron chi connectivity index (χ2n) is 10.4. The Hall–Kier alpha value is -2.43. The molecule has 5 heteroatoms. The molecule has 30 heavy (non-hydrogen) atoms. The fourth-order valence-corrected chi connectivity index (χ4v) is 7.42. The normalized spacial score (nSPS) is 30.6. The molecule has 0 aliphatic heterocycles. The smallest absolute Gasteiger partial charge is 0.222 e. The zero-order valence-electron chi connectivity index (χ0n) is 17.6. The van der Waals surface area contributed by atoms with Crippen LogP contribution in [-0.2, 0) is 24.1 Å². The van der Waals surface area contributed by atoms with Gasteiger partial charge in [0.2, 0.25) is 5.91 Å². The predicted octanol–water partition coefficient (Wildman–Crippen LogP) is 4.67. The number of aromatic nitrogens is 2. The zero-order chi connectivity index (χ0) is 20.5. The Labute approximate surface area is 177 Å². The van der Waals surface area contributed by atoms with Gasteiger partial charge < -0.3 is 10.4 Å². The maximum Gasteiger partial charge on any atom is 0.222 e. The summed E-state index contributed by atoms with van der Waals surface area (Å²) < 4.78 is 0. The van der Waals surface area contributed by atoms with E-state index in [-0.39, 0.29) is 5.91 Å². The Morgan fingerprint density at radius 3 is 2.47 bits per heavy atom.